The minimum atomic E-state index is -0.0433. The van der Waals surface area contributed by atoms with Crippen LogP contribution in [0.1, 0.15) is 41.9 Å². The molecule has 150 valence electrons. The van der Waals surface area contributed by atoms with Crippen LogP contribution in [0.4, 0.5) is 5.82 Å². The Balaban J connectivity index is 1.49. The number of ketones is 1. The average Bonchev–Trinajstić information content (AvgIpc) is 3.33. The van der Waals surface area contributed by atoms with E-state index in [0.29, 0.717) is 23.7 Å². The van der Waals surface area contributed by atoms with E-state index < -0.39 is 0 Å². The van der Waals surface area contributed by atoms with Crippen LogP contribution in [0.5, 0.6) is 0 Å². The summed E-state index contributed by atoms with van der Waals surface area (Å²) in [4.78, 5) is 30.9. The second-order valence-corrected chi connectivity index (χ2v) is 8.62. The van der Waals surface area contributed by atoms with Gasteiger partial charge in [-0.15, -0.1) is 0 Å². The fraction of sp³-hybridized carbons (Fsp3) is 0.318. The van der Waals surface area contributed by atoms with Gasteiger partial charge in [-0.05, 0) is 49.7 Å². The standard InChI is InChI=1S/C22H20N6O2/c1-12-10-25-16-3-2-14(11-28(12)16)17-19(21-24-4-5-30-21)27-20(23)18(26-17)15(29)9-22-6-13(7-22)8-22/h2-5,10-11,13H,6-9H2,1H3,(H2,23,27). The number of aryl methyl sites for hydroxylation is 1. The Morgan fingerprint density at radius 3 is 2.77 bits per heavy atom. The molecule has 0 aliphatic heterocycles. The number of nitrogens with two attached hydrogens (primary N) is 1. The van der Waals surface area contributed by atoms with E-state index in [1.54, 1.807) is 6.20 Å². The second-order valence-electron chi connectivity index (χ2n) is 8.62. The Hall–Kier alpha value is -3.55. The zero-order valence-corrected chi connectivity index (χ0v) is 16.5. The average molecular weight is 400 g/mol. The Bertz CT molecular complexity index is 1290. The van der Waals surface area contributed by atoms with E-state index >= 15 is 0 Å². The van der Waals surface area contributed by atoms with Gasteiger partial charge in [-0.1, -0.05) is 0 Å². The van der Waals surface area contributed by atoms with Crippen molar-refractivity contribution in [3.05, 3.63) is 48.4 Å². The maximum absolute atomic E-state index is 13.1. The number of oxazole rings is 1. The Labute approximate surface area is 172 Å². The first-order valence-corrected chi connectivity index (χ1v) is 10.1. The van der Waals surface area contributed by atoms with Crippen molar-refractivity contribution < 1.29 is 9.21 Å². The number of aromatic nitrogens is 5. The molecule has 2 N–H and O–H groups in total. The minimum absolute atomic E-state index is 0.0433. The molecular formula is C22H20N6O2. The molecule has 3 aliphatic carbocycles. The van der Waals surface area contributed by atoms with Gasteiger partial charge in [0.1, 0.15) is 23.3 Å². The molecule has 0 unspecified atom stereocenters. The van der Waals surface area contributed by atoms with Crippen molar-refractivity contribution in [2.24, 2.45) is 11.3 Å². The molecule has 2 bridgehead atoms. The molecule has 30 heavy (non-hydrogen) atoms. The van der Waals surface area contributed by atoms with E-state index in [0.717, 1.165) is 42.1 Å². The molecule has 3 fully saturated rings. The predicted molar refractivity (Wildman–Crippen MR) is 110 cm³/mol. The van der Waals surface area contributed by atoms with E-state index in [2.05, 4.69) is 15.0 Å². The lowest BCUT2D eigenvalue weighted by molar-refractivity contribution is -0.103. The molecule has 8 heteroatoms. The van der Waals surface area contributed by atoms with Gasteiger partial charge >= 0.3 is 0 Å². The molecule has 3 aliphatic rings. The fourth-order valence-electron chi connectivity index (χ4n) is 4.89. The van der Waals surface area contributed by atoms with Gasteiger partial charge in [-0.3, -0.25) is 4.79 Å². The molecule has 8 nitrogen and oxygen atoms in total. The van der Waals surface area contributed by atoms with Crippen molar-refractivity contribution in [1.29, 1.82) is 0 Å². The third kappa shape index (κ3) is 2.49. The van der Waals surface area contributed by atoms with Crippen molar-refractivity contribution in [3.8, 4) is 22.8 Å². The number of imidazole rings is 1. The van der Waals surface area contributed by atoms with E-state index in [1.807, 2.05) is 35.9 Å². The maximum Gasteiger partial charge on any atom is 0.247 e. The molecule has 0 amide bonds. The zero-order valence-electron chi connectivity index (χ0n) is 16.5. The van der Waals surface area contributed by atoms with Crippen LogP contribution in [0.25, 0.3) is 28.5 Å². The number of carbonyl (C=O) groups is 1. The van der Waals surface area contributed by atoms with Gasteiger partial charge in [0.05, 0.1) is 6.20 Å². The minimum Gasteiger partial charge on any atom is -0.443 e. The largest absolute Gasteiger partial charge is 0.443 e. The maximum atomic E-state index is 13.1. The smallest absolute Gasteiger partial charge is 0.247 e. The van der Waals surface area contributed by atoms with Crippen molar-refractivity contribution in [2.75, 3.05) is 5.73 Å². The molecule has 4 heterocycles. The normalized spacial score (nSPS) is 22.0. The SMILES string of the molecule is Cc1cnc2ccc(-c3nc(C(=O)CC45CC(C4)C5)c(N)nc3-c3ncco3)cn12. The van der Waals surface area contributed by atoms with Crippen LogP contribution in [-0.2, 0) is 0 Å². The molecule has 4 aromatic rings. The summed E-state index contributed by atoms with van der Waals surface area (Å²) in [7, 11) is 0. The van der Waals surface area contributed by atoms with Gasteiger partial charge in [-0.25, -0.2) is 19.9 Å². The number of carbonyl (C=O) groups excluding carboxylic acids is 1. The fourth-order valence-corrected chi connectivity index (χ4v) is 4.89. The van der Waals surface area contributed by atoms with Gasteiger partial charge in [0.15, 0.2) is 17.3 Å². The molecular weight excluding hydrogens is 380 g/mol. The van der Waals surface area contributed by atoms with Gasteiger partial charge in [0.25, 0.3) is 0 Å². The van der Waals surface area contributed by atoms with Crippen LogP contribution in [-0.4, -0.2) is 30.1 Å². The highest BCUT2D eigenvalue weighted by molar-refractivity contribution is 6.00. The first-order chi connectivity index (χ1) is 14.5. The van der Waals surface area contributed by atoms with Gasteiger partial charge in [0, 0.05) is 30.1 Å². The number of fused-ring (bicyclic) bond motifs is 1. The van der Waals surface area contributed by atoms with Crippen molar-refractivity contribution >= 4 is 17.2 Å². The molecule has 4 aromatic heterocycles. The van der Waals surface area contributed by atoms with Gasteiger partial charge < -0.3 is 14.6 Å². The first kappa shape index (κ1) is 17.3. The summed E-state index contributed by atoms with van der Waals surface area (Å²) in [6.45, 7) is 1.98. The second kappa shape index (κ2) is 5.98. The lowest BCUT2D eigenvalue weighted by Crippen LogP contribution is -2.52. The quantitative estimate of drug-likeness (QED) is 0.508. The van der Waals surface area contributed by atoms with Gasteiger partial charge in [-0.2, -0.15) is 0 Å². The van der Waals surface area contributed by atoms with E-state index in [4.69, 9.17) is 15.1 Å². The monoisotopic (exact) mass is 400 g/mol. The lowest BCUT2D eigenvalue weighted by Gasteiger charge is -2.61. The topological polar surface area (TPSA) is 112 Å². The third-order valence-electron chi connectivity index (χ3n) is 6.49. The lowest BCUT2D eigenvalue weighted by atomic mass is 9.43. The predicted octanol–water partition coefficient (Wildman–Crippen LogP) is 3.71. The molecule has 3 saturated carbocycles. The van der Waals surface area contributed by atoms with Crippen LogP contribution in [0.15, 0.2) is 41.4 Å². The summed E-state index contributed by atoms with van der Waals surface area (Å²) < 4.78 is 7.44. The Morgan fingerprint density at radius 2 is 2.07 bits per heavy atom. The first-order valence-electron chi connectivity index (χ1n) is 10.1. The number of anilines is 1. The van der Waals surface area contributed by atoms with Crippen LogP contribution >= 0.6 is 0 Å². The zero-order chi connectivity index (χ0) is 20.5. The highest BCUT2D eigenvalue weighted by atomic mass is 16.3. The van der Waals surface area contributed by atoms with Crippen LogP contribution in [0.3, 0.4) is 0 Å². The number of rotatable bonds is 5. The summed E-state index contributed by atoms with van der Waals surface area (Å²) in [6.07, 6.45) is 10.7. The highest BCUT2D eigenvalue weighted by Gasteiger charge is 2.57. The Morgan fingerprint density at radius 1 is 1.23 bits per heavy atom. The molecule has 0 atom stereocenters. The molecule has 0 aromatic carbocycles. The van der Waals surface area contributed by atoms with Crippen LogP contribution in [0.2, 0.25) is 0 Å². The van der Waals surface area contributed by atoms with E-state index in [-0.39, 0.29) is 22.7 Å². The van der Waals surface area contributed by atoms with Crippen LogP contribution in [0, 0.1) is 18.3 Å². The summed E-state index contributed by atoms with van der Waals surface area (Å²) in [5.41, 5.74) is 10.1. The summed E-state index contributed by atoms with van der Waals surface area (Å²) >= 11 is 0. The number of hydrogen-bond donors (Lipinski definition) is 1. The van der Waals surface area contributed by atoms with E-state index in [1.165, 1.54) is 6.26 Å². The highest BCUT2D eigenvalue weighted by Crippen LogP contribution is 2.66. The summed E-state index contributed by atoms with van der Waals surface area (Å²) in [5.74, 6) is 1.20. The van der Waals surface area contributed by atoms with Gasteiger partial charge in [0.2, 0.25) is 5.89 Å². The van der Waals surface area contributed by atoms with Crippen molar-refractivity contribution in [3.63, 3.8) is 0 Å². The molecule has 0 saturated heterocycles. The summed E-state index contributed by atoms with van der Waals surface area (Å²) in [6, 6.07) is 3.81. The molecule has 7 rings (SSSR count). The number of nitrogens with zero attached hydrogens (tertiary/aromatic N) is 5. The number of Topliss-reactive ketones (excluding diaryl/α,β-unsaturated/α-hetero) is 1. The van der Waals surface area contributed by atoms with E-state index in [9.17, 15) is 4.79 Å². The summed E-state index contributed by atoms with van der Waals surface area (Å²) in [5, 5.41) is 0. The molecule has 0 radical (unpaired) electrons. The van der Waals surface area contributed by atoms with Crippen molar-refractivity contribution in [2.45, 2.75) is 32.6 Å². The number of pyridine rings is 1. The number of hydrogen-bond acceptors (Lipinski definition) is 7. The van der Waals surface area contributed by atoms with Crippen LogP contribution < -0.4 is 5.73 Å². The molecule has 0 spiro atoms. The van der Waals surface area contributed by atoms with Crippen molar-refractivity contribution in [1.82, 2.24) is 24.3 Å². The Kier molecular flexibility index (Phi) is 3.45. The third-order valence-corrected chi connectivity index (χ3v) is 6.49. The number of nitrogen functional groups attached to an aromatic ring is 1.